The minimum Gasteiger partial charge on any atom is -0.369 e. The first-order valence-electron chi connectivity index (χ1n) is 8.92. The third-order valence-electron chi connectivity index (χ3n) is 4.71. The van der Waals surface area contributed by atoms with E-state index in [1.54, 1.807) is 6.20 Å². The molecule has 0 bridgehead atoms. The molecular formula is C18H18FN7O2S. The first-order valence-corrected chi connectivity index (χ1v) is 9.74. The quantitative estimate of drug-likeness (QED) is 0.649. The van der Waals surface area contributed by atoms with E-state index in [4.69, 9.17) is 5.73 Å². The Balaban J connectivity index is 1.64. The van der Waals surface area contributed by atoms with Crippen LogP contribution in [-0.4, -0.2) is 49.7 Å². The van der Waals surface area contributed by atoms with E-state index in [1.807, 2.05) is 13.8 Å². The molecular weight excluding hydrogens is 397 g/mol. The molecule has 3 aromatic heterocycles. The summed E-state index contributed by atoms with van der Waals surface area (Å²) in [6.07, 6.45) is 2.67. The Labute approximate surface area is 169 Å². The van der Waals surface area contributed by atoms with Gasteiger partial charge in [0.1, 0.15) is 10.5 Å². The number of carbonyl (C=O) groups is 2. The van der Waals surface area contributed by atoms with Crippen LogP contribution in [0.15, 0.2) is 18.5 Å². The van der Waals surface area contributed by atoms with Crippen molar-refractivity contribution in [3.05, 3.63) is 40.5 Å². The predicted molar refractivity (Wildman–Crippen MR) is 105 cm³/mol. The molecule has 4 rings (SSSR count). The van der Waals surface area contributed by atoms with Gasteiger partial charge in [-0.15, -0.1) is 11.3 Å². The van der Waals surface area contributed by atoms with E-state index < -0.39 is 11.7 Å². The van der Waals surface area contributed by atoms with Crippen LogP contribution in [-0.2, 0) is 4.79 Å². The monoisotopic (exact) mass is 415 g/mol. The Morgan fingerprint density at radius 2 is 2.07 bits per heavy atom. The molecule has 9 nitrogen and oxygen atoms in total. The number of hydrogen-bond acceptors (Lipinski definition) is 8. The summed E-state index contributed by atoms with van der Waals surface area (Å²) in [6.45, 7) is 4.17. The number of anilines is 1. The number of aryl methyl sites for hydroxylation is 1. The summed E-state index contributed by atoms with van der Waals surface area (Å²) in [6, 6.07) is 1.02. The number of pyridine rings is 1. The molecule has 1 fully saturated rings. The number of halogens is 1. The van der Waals surface area contributed by atoms with Crippen LogP contribution in [0.5, 0.6) is 0 Å². The molecule has 1 aliphatic heterocycles. The third-order valence-corrected chi connectivity index (χ3v) is 5.67. The number of carbonyl (C=O) groups excluding carboxylic acids is 2. The molecule has 1 atom stereocenters. The van der Waals surface area contributed by atoms with Gasteiger partial charge in [0.2, 0.25) is 11.9 Å². The van der Waals surface area contributed by atoms with Crippen LogP contribution >= 0.6 is 11.3 Å². The Hall–Kier alpha value is -3.21. The summed E-state index contributed by atoms with van der Waals surface area (Å²) in [5.41, 5.74) is 6.52. The molecule has 0 saturated carbocycles. The highest BCUT2D eigenvalue weighted by Gasteiger charge is 2.36. The lowest BCUT2D eigenvalue weighted by Crippen LogP contribution is -2.54. The molecule has 2 amide bonds. The Morgan fingerprint density at radius 3 is 2.76 bits per heavy atom. The van der Waals surface area contributed by atoms with Gasteiger partial charge in [0.25, 0.3) is 5.91 Å². The summed E-state index contributed by atoms with van der Waals surface area (Å²) in [4.78, 5) is 42.7. The smallest absolute Gasteiger partial charge is 0.274 e. The van der Waals surface area contributed by atoms with Crippen LogP contribution in [0.3, 0.4) is 0 Å². The molecule has 0 spiro atoms. The maximum absolute atomic E-state index is 13.5. The van der Waals surface area contributed by atoms with Gasteiger partial charge in [-0.2, -0.15) is 4.98 Å². The van der Waals surface area contributed by atoms with Gasteiger partial charge in [-0.25, -0.2) is 14.4 Å². The lowest BCUT2D eigenvalue weighted by Gasteiger charge is -2.37. The average Bonchev–Trinajstić information content (AvgIpc) is 2.99. The second kappa shape index (κ2) is 7.32. The summed E-state index contributed by atoms with van der Waals surface area (Å²) in [5, 5.41) is 3.83. The number of likely N-dealkylation sites (tertiary alicyclic amines) is 1. The second-order valence-electron chi connectivity index (χ2n) is 6.89. The zero-order valence-corrected chi connectivity index (χ0v) is 16.5. The minimum absolute atomic E-state index is 0.204. The molecule has 11 heteroatoms. The molecule has 0 radical (unpaired) electrons. The number of hydrogen-bond donors (Lipinski definition) is 2. The fourth-order valence-corrected chi connectivity index (χ4v) is 3.89. The minimum atomic E-state index is -0.444. The van der Waals surface area contributed by atoms with Gasteiger partial charge in [-0.3, -0.25) is 14.6 Å². The lowest BCUT2D eigenvalue weighted by atomic mass is 9.99. The van der Waals surface area contributed by atoms with Crippen LogP contribution in [0.1, 0.15) is 34.0 Å². The number of thiazole rings is 1. The van der Waals surface area contributed by atoms with Crippen LogP contribution in [0, 0.1) is 18.7 Å². The van der Waals surface area contributed by atoms with Crippen LogP contribution < -0.4 is 11.1 Å². The van der Waals surface area contributed by atoms with E-state index in [-0.39, 0.29) is 42.6 Å². The summed E-state index contributed by atoms with van der Waals surface area (Å²) < 4.78 is 14.0. The van der Waals surface area contributed by atoms with Crippen molar-refractivity contribution in [3.8, 4) is 0 Å². The van der Waals surface area contributed by atoms with Crippen LogP contribution in [0.2, 0.25) is 0 Å². The van der Waals surface area contributed by atoms with Crippen LogP contribution in [0.25, 0.3) is 10.3 Å². The fraction of sp³-hybridized carbons (Fsp3) is 0.333. The van der Waals surface area contributed by atoms with E-state index in [2.05, 4.69) is 25.3 Å². The van der Waals surface area contributed by atoms with Gasteiger partial charge < -0.3 is 16.0 Å². The molecule has 150 valence electrons. The molecule has 1 unspecified atom stereocenters. The summed E-state index contributed by atoms with van der Waals surface area (Å²) in [5.74, 6) is -1.30. The Bertz CT molecular complexity index is 1110. The number of nitrogens with one attached hydrogen (secondary N) is 1. The van der Waals surface area contributed by atoms with E-state index in [1.165, 1.54) is 22.3 Å². The Kier molecular flexibility index (Phi) is 4.82. The third kappa shape index (κ3) is 3.73. The maximum Gasteiger partial charge on any atom is 0.274 e. The number of nitrogens with two attached hydrogens (primary N) is 1. The zero-order chi connectivity index (χ0) is 20.7. The van der Waals surface area contributed by atoms with Crippen molar-refractivity contribution in [1.29, 1.82) is 0 Å². The number of fused-ring (bicyclic) bond motifs is 1. The largest absolute Gasteiger partial charge is 0.369 e. The number of nitrogens with zero attached hydrogens (tertiary/aromatic N) is 5. The highest BCUT2D eigenvalue weighted by atomic mass is 32.1. The van der Waals surface area contributed by atoms with E-state index >= 15 is 0 Å². The van der Waals surface area contributed by atoms with Crippen molar-refractivity contribution in [1.82, 2.24) is 24.8 Å². The first-order chi connectivity index (χ1) is 13.8. The highest BCUT2D eigenvalue weighted by Crippen LogP contribution is 2.28. The predicted octanol–water partition coefficient (Wildman–Crippen LogP) is 1.66. The number of aromatic nitrogens is 4. The standard InChI is InChI=1S/C18H18FN7O2S/c1-8(10-3-12(19)5-21-4-10)22-18-24-13(14-16(25-18)23-9(2)29-14)17(28)26-6-11(7-26)15(20)27/h3-5,8,11H,6-7H2,1-2H3,(H2,20,27)(H,22,24,25). The van der Waals surface area contributed by atoms with Crippen molar-refractivity contribution in [2.24, 2.45) is 11.7 Å². The zero-order valence-electron chi connectivity index (χ0n) is 15.7. The average molecular weight is 415 g/mol. The summed E-state index contributed by atoms with van der Waals surface area (Å²) in [7, 11) is 0. The van der Waals surface area contributed by atoms with Gasteiger partial charge in [0, 0.05) is 19.3 Å². The SMILES string of the molecule is Cc1nc2nc(NC(C)c3cncc(F)c3)nc(C(=O)N3CC(C(N)=O)C3)c2s1. The van der Waals surface area contributed by atoms with Crippen molar-refractivity contribution in [2.45, 2.75) is 19.9 Å². The van der Waals surface area contributed by atoms with Gasteiger partial charge in [0.15, 0.2) is 11.3 Å². The van der Waals surface area contributed by atoms with Crippen molar-refractivity contribution < 1.29 is 14.0 Å². The molecule has 4 heterocycles. The molecule has 1 saturated heterocycles. The van der Waals surface area contributed by atoms with Crippen molar-refractivity contribution >= 4 is 39.4 Å². The van der Waals surface area contributed by atoms with E-state index in [9.17, 15) is 14.0 Å². The molecule has 1 aliphatic rings. The Morgan fingerprint density at radius 1 is 1.31 bits per heavy atom. The lowest BCUT2D eigenvalue weighted by molar-refractivity contribution is -0.125. The first kappa shape index (κ1) is 19.1. The second-order valence-corrected chi connectivity index (χ2v) is 8.10. The molecule has 0 aliphatic carbocycles. The fourth-order valence-electron chi connectivity index (χ4n) is 3.05. The van der Waals surface area contributed by atoms with Crippen molar-refractivity contribution in [2.75, 3.05) is 18.4 Å². The number of rotatable bonds is 5. The van der Waals surface area contributed by atoms with E-state index in [0.717, 1.165) is 11.2 Å². The van der Waals surface area contributed by atoms with Gasteiger partial charge in [-0.05, 0) is 25.5 Å². The summed E-state index contributed by atoms with van der Waals surface area (Å²) >= 11 is 1.33. The van der Waals surface area contributed by atoms with Gasteiger partial charge in [-0.1, -0.05) is 0 Å². The van der Waals surface area contributed by atoms with E-state index in [0.29, 0.717) is 15.9 Å². The molecule has 3 aromatic rings. The molecule has 3 N–H and O–H groups in total. The van der Waals surface area contributed by atoms with Gasteiger partial charge >= 0.3 is 0 Å². The normalized spacial score (nSPS) is 15.2. The maximum atomic E-state index is 13.5. The van der Waals surface area contributed by atoms with Crippen molar-refractivity contribution in [3.63, 3.8) is 0 Å². The van der Waals surface area contributed by atoms with Gasteiger partial charge in [0.05, 0.1) is 23.2 Å². The van der Waals surface area contributed by atoms with Crippen LogP contribution in [0.4, 0.5) is 10.3 Å². The topological polar surface area (TPSA) is 127 Å². The number of primary amides is 1. The number of amides is 2. The highest BCUT2D eigenvalue weighted by molar-refractivity contribution is 7.18. The molecule has 29 heavy (non-hydrogen) atoms. The molecule has 0 aromatic carbocycles.